The van der Waals surface area contributed by atoms with E-state index < -0.39 is 21.5 Å². The molecule has 0 aromatic heterocycles. The fourth-order valence-corrected chi connectivity index (χ4v) is 1.77. The summed E-state index contributed by atoms with van der Waals surface area (Å²) in [5.41, 5.74) is 0.340. The highest BCUT2D eigenvalue weighted by molar-refractivity contribution is 7.92. The van der Waals surface area contributed by atoms with Gasteiger partial charge in [0, 0.05) is 22.2 Å². The molecule has 0 saturated heterocycles. The van der Waals surface area contributed by atoms with Crippen molar-refractivity contribution in [3.8, 4) is 0 Å². The normalized spacial score (nSPS) is 11.2. The Morgan fingerprint density at radius 1 is 1.50 bits per heavy atom. The predicted octanol–water partition coefficient (Wildman–Crippen LogP) is 1.81. The predicted molar refractivity (Wildman–Crippen MR) is 59.8 cm³/mol. The second-order valence-corrected chi connectivity index (χ2v) is 6.17. The number of carbonyl (C=O) groups is 1. The first-order valence-corrected chi connectivity index (χ1v) is 6.78. The van der Waals surface area contributed by atoms with Crippen LogP contribution >= 0.6 is 0 Å². The van der Waals surface area contributed by atoms with Gasteiger partial charge < -0.3 is 5.11 Å². The number of benzene rings is 1. The van der Waals surface area contributed by atoms with Crippen molar-refractivity contribution in [1.82, 2.24) is 0 Å². The third kappa shape index (κ3) is 3.98. The molecule has 0 unspecified atom stereocenters. The van der Waals surface area contributed by atoms with Crippen molar-refractivity contribution in [3.63, 3.8) is 0 Å². The lowest BCUT2D eigenvalue weighted by Gasteiger charge is -2.01. The van der Waals surface area contributed by atoms with E-state index in [4.69, 9.17) is 5.11 Å². The second kappa shape index (κ2) is 4.61. The van der Waals surface area contributed by atoms with E-state index in [9.17, 15) is 13.4 Å². The number of carboxylic acids is 1. The molecule has 0 bridgehead atoms. The van der Waals surface area contributed by atoms with E-state index in [1.54, 1.807) is 0 Å². The Morgan fingerprint density at radius 3 is 2.56 bits per heavy atom. The molecule has 1 aromatic carbocycles. The van der Waals surface area contributed by atoms with E-state index in [1.165, 1.54) is 24.6 Å². The molecule has 0 atom stereocenters. The Balaban J connectivity index is 3.10. The van der Waals surface area contributed by atoms with Crippen LogP contribution in [0.15, 0.2) is 22.6 Å². The van der Waals surface area contributed by atoms with Crippen LogP contribution < -0.4 is 0 Å². The molecule has 4 nitrogen and oxygen atoms in total. The first-order chi connectivity index (χ1) is 7.28. The molecule has 0 saturated carbocycles. The van der Waals surface area contributed by atoms with Crippen molar-refractivity contribution in [2.75, 3.05) is 12.5 Å². The Morgan fingerprint density at radius 2 is 2.12 bits per heavy atom. The fraction of sp³-hybridized carbons (Fsp3) is 0.300. The van der Waals surface area contributed by atoms with Crippen molar-refractivity contribution < 1.29 is 18.5 Å². The van der Waals surface area contributed by atoms with Gasteiger partial charge in [0.15, 0.2) is 0 Å². The number of rotatable bonds is 3. The van der Waals surface area contributed by atoms with Crippen molar-refractivity contribution in [2.24, 2.45) is 4.36 Å². The van der Waals surface area contributed by atoms with Crippen LogP contribution in [0.5, 0.6) is 0 Å². The number of carboxylic acid groups (broad SMARTS) is 1. The van der Waals surface area contributed by atoms with Crippen molar-refractivity contribution in [1.29, 1.82) is 0 Å². The SMILES string of the molecule is CS(C)(=O)=Nc1ccc(CC(=O)O)cc1F. The van der Waals surface area contributed by atoms with Crippen molar-refractivity contribution >= 4 is 21.4 Å². The quantitative estimate of drug-likeness (QED) is 0.883. The third-order valence-electron chi connectivity index (χ3n) is 1.69. The molecule has 0 heterocycles. The summed E-state index contributed by atoms with van der Waals surface area (Å²) in [6.45, 7) is 0. The molecule has 0 aliphatic carbocycles. The summed E-state index contributed by atoms with van der Waals surface area (Å²) in [5.74, 6) is -1.69. The number of aliphatic carboxylic acids is 1. The Bertz CT molecular complexity index is 525. The first-order valence-electron chi connectivity index (χ1n) is 4.45. The molecule has 0 spiro atoms. The minimum atomic E-state index is -2.42. The lowest BCUT2D eigenvalue weighted by atomic mass is 10.1. The van der Waals surface area contributed by atoms with Gasteiger partial charge in [-0.25, -0.2) is 8.60 Å². The average molecular weight is 245 g/mol. The monoisotopic (exact) mass is 245 g/mol. The van der Waals surface area contributed by atoms with Gasteiger partial charge in [0.2, 0.25) is 0 Å². The lowest BCUT2D eigenvalue weighted by Crippen LogP contribution is -2.00. The topological polar surface area (TPSA) is 66.7 Å². The van der Waals surface area contributed by atoms with Gasteiger partial charge in [-0.05, 0) is 17.7 Å². The minimum Gasteiger partial charge on any atom is -0.481 e. The van der Waals surface area contributed by atoms with E-state index in [0.29, 0.717) is 5.56 Å². The molecular weight excluding hydrogens is 233 g/mol. The standard InChI is InChI=1S/C10H12FNO3S/c1-16(2,15)12-9-4-3-7(5-8(9)11)6-10(13)14/h3-5H,6H2,1-2H3,(H,13,14). The molecule has 0 amide bonds. The fourth-order valence-electron chi connectivity index (χ4n) is 1.15. The van der Waals surface area contributed by atoms with E-state index in [-0.39, 0.29) is 12.1 Å². The third-order valence-corrected chi connectivity index (χ3v) is 2.32. The van der Waals surface area contributed by atoms with E-state index in [1.807, 2.05) is 0 Å². The zero-order valence-electron chi connectivity index (χ0n) is 8.94. The Kier molecular flexibility index (Phi) is 3.64. The van der Waals surface area contributed by atoms with Crippen LogP contribution in [0.2, 0.25) is 0 Å². The van der Waals surface area contributed by atoms with E-state index in [0.717, 1.165) is 6.07 Å². The zero-order valence-corrected chi connectivity index (χ0v) is 9.75. The van der Waals surface area contributed by atoms with Crippen LogP contribution in [0, 0.1) is 5.82 Å². The van der Waals surface area contributed by atoms with Gasteiger partial charge in [-0.2, -0.15) is 4.36 Å². The molecule has 0 aliphatic heterocycles. The maximum Gasteiger partial charge on any atom is 0.307 e. The molecular formula is C10H12FNO3S. The van der Waals surface area contributed by atoms with Gasteiger partial charge in [0.05, 0.1) is 6.42 Å². The summed E-state index contributed by atoms with van der Waals surface area (Å²) >= 11 is 0. The molecule has 1 N–H and O–H groups in total. The Hall–Kier alpha value is -1.43. The van der Waals surface area contributed by atoms with Crippen LogP contribution in [-0.2, 0) is 20.9 Å². The van der Waals surface area contributed by atoms with E-state index >= 15 is 0 Å². The lowest BCUT2D eigenvalue weighted by molar-refractivity contribution is -0.136. The molecule has 1 aromatic rings. The van der Waals surface area contributed by atoms with Gasteiger partial charge in [0.25, 0.3) is 0 Å². The van der Waals surface area contributed by atoms with Gasteiger partial charge >= 0.3 is 5.97 Å². The summed E-state index contributed by atoms with van der Waals surface area (Å²) in [4.78, 5) is 10.4. The minimum absolute atomic E-state index is 0.0101. The van der Waals surface area contributed by atoms with Crippen LogP contribution in [-0.4, -0.2) is 27.8 Å². The van der Waals surface area contributed by atoms with Gasteiger partial charge in [-0.1, -0.05) is 6.07 Å². The molecule has 6 heteroatoms. The highest BCUT2D eigenvalue weighted by atomic mass is 32.2. The first kappa shape index (κ1) is 12.6. The highest BCUT2D eigenvalue weighted by Crippen LogP contribution is 2.20. The van der Waals surface area contributed by atoms with Crippen LogP contribution in [0.1, 0.15) is 5.56 Å². The second-order valence-electron chi connectivity index (χ2n) is 3.63. The summed E-state index contributed by atoms with van der Waals surface area (Å²) in [7, 11) is -2.42. The molecule has 0 radical (unpaired) electrons. The number of nitrogens with zero attached hydrogens (tertiary/aromatic N) is 1. The van der Waals surface area contributed by atoms with Crippen molar-refractivity contribution in [3.05, 3.63) is 29.6 Å². The van der Waals surface area contributed by atoms with Crippen LogP contribution in [0.4, 0.5) is 10.1 Å². The Labute approximate surface area is 93.3 Å². The van der Waals surface area contributed by atoms with Gasteiger partial charge in [-0.3, -0.25) is 4.79 Å². The molecule has 0 aliphatic rings. The summed E-state index contributed by atoms with van der Waals surface area (Å²) < 4.78 is 28.5. The molecule has 0 fully saturated rings. The summed E-state index contributed by atoms with van der Waals surface area (Å²) in [6, 6.07) is 3.89. The van der Waals surface area contributed by atoms with Crippen LogP contribution in [0.25, 0.3) is 0 Å². The maximum absolute atomic E-state index is 13.4. The smallest absolute Gasteiger partial charge is 0.307 e. The largest absolute Gasteiger partial charge is 0.481 e. The summed E-state index contributed by atoms with van der Waals surface area (Å²) in [6.07, 6.45) is 2.56. The zero-order chi connectivity index (χ0) is 12.3. The molecule has 1 rings (SSSR count). The van der Waals surface area contributed by atoms with Crippen LogP contribution in [0.3, 0.4) is 0 Å². The highest BCUT2D eigenvalue weighted by Gasteiger charge is 2.06. The average Bonchev–Trinajstić information content (AvgIpc) is 2.06. The number of hydrogen-bond donors (Lipinski definition) is 1. The molecule has 88 valence electrons. The van der Waals surface area contributed by atoms with E-state index in [2.05, 4.69) is 4.36 Å². The summed E-state index contributed by atoms with van der Waals surface area (Å²) in [5, 5.41) is 8.52. The molecule has 16 heavy (non-hydrogen) atoms. The van der Waals surface area contributed by atoms with Crippen molar-refractivity contribution in [2.45, 2.75) is 6.42 Å². The number of hydrogen-bond acceptors (Lipinski definition) is 3. The number of halogens is 1. The maximum atomic E-state index is 13.4. The van der Waals surface area contributed by atoms with Gasteiger partial charge in [0.1, 0.15) is 11.5 Å². The van der Waals surface area contributed by atoms with Gasteiger partial charge in [-0.15, -0.1) is 0 Å².